The molecule has 0 heterocycles. The number of benzene rings is 1. The maximum Gasteiger partial charge on any atom is 0.392 e. The predicted octanol–water partition coefficient (Wildman–Crippen LogP) is 6.15. The molecule has 0 saturated heterocycles. The van der Waals surface area contributed by atoms with Crippen molar-refractivity contribution in [1.82, 2.24) is 5.32 Å². The van der Waals surface area contributed by atoms with E-state index in [9.17, 15) is 79.4 Å². The van der Waals surface area contributed by atoms with Gasteiger partial charge < -0.3 is 5.32 Å². The highest BCUT2D eigenvalue weighted by atomic mass is 19.4. The molecule has 0 fully saturated rings. The Morgan fingerprint density at radius 1 is 0.657 bits per heavy atom. The summed E-state index contributed by atoms with van der Waals surface area (Å²) < 4.78 is 224. The van der Waals surface area contributed by atoms with Crippen LogP contribution in [0.2, 0.25) is 0 Å². The lowest BCUT2D eigenvalue weighted by molar-refractivity contribution is -0.443. The van der Waals surface area contributed by atoms with E-state index in [0.29, 0.717) is 24.3 Å². The van der Waals surface area contributed by atoms with E-state index in [0.717, 1.165) is 5.32 Å². The second kappa shape index (κ2) is 8.86. The molecule has 2 nitrogen and oxygen atoms in total. The van der Waals surface area contributed by atoms with Crippen molar-refractivity contribution < 1.29 is 79.4 Å². The zero-order valence-corrected chi connectivity index (χ0v) is 15.9. The van der Waals surface area contributed by atoms with E-state index in [-0.39, 0.29) is 0 Å². The van der Waals surface area contributed by atoms with E-state index in [1.165, 1.54) is 0 Å². The minimum atomic E-state index is -8.58. The van der Waals surface area contributed by atoms with Gasteiger partial charge in [0.1, 0.15) is 5.82 Å². The molecule has 1 N–H and O–H groups in total. The van der Waals surface area contributed by atoms with Gasteiger partial charge in [-0.3, -0.25) is 4.79 Å². The van der Waals surface area contributed by atoms with Crippen molar-refractivity contribution in [2.75, 3.05) is 0 Å². The Morgan fingerprint density at radius 2 is 1.03 bits per heavy atom. The standard InChI is InChI=1S/C16H8F17NO/c17-7-3-1-6(2-4-7)5-34-9(35)11(22,23)13(26,27)15(30,31)16(32,33)14(28,29)12(24,25)10(20,21)8(18)19/h1-4,8H,5H2,(H,34,35). The van der Waals surface area contributed by atoms with Crippen molar-refractivity contribution in [3.05, 3.63) is 35.6 Å². The summed E-state index contributed by atoms with van der Waals surface area (Å²) >= 11 is 0. The number of hydrogen-bond acceptors (Lipinski definition) is 1. The van der Waals surface area contributed by atoms with Crippen LogP contribution in [-0.2, 0) is 11.3 Å². The zero-order chi connectivity index (χ0) is 28.1. The summed E-state index contributed by atoms with van der Waals surface area (Å²) in [5, 5.41) is 0.772. The number of halogens is 17. The van der Waals surface area contributed by atoms with Crippen molar-refractivity contribution in [3.63, 3.8) is 0 Å². The molecule has 0 spiro atoms. The van der Waals surface area contributed by atoms with Crippen LogP contribution in [0.5, 0.6) is 0 Å². The number of nitrogens with one attached hydrogen (secondary N) is 1. The summed E-state index contributed by atoms with van der Waals surface area (Å²) in [4.78, 5) is 11.3. The largest absolute Gasteiger partial charge is 0.392 e. The molecule has 35 heavy (non-hydrogen) atoms. The first-order valence-electron chi connectivity index (χ1n) is 8.29. The highest BCUT2D eigenvalue weighted by Gasteiger charge is 2.94. The molecule has 202 valence electrons. The van der Waals surface area contributed by atoms with Crippen LogP contribution in [0.25, 0.3) is 0 Å². The number of carbonyl (C=O) groups excluding carboxylic acids is 1. The summed E-state index contributed by atoms with van der Waals surface area (Å²) in [7, 11) is 0. The molecular weight excluding hydrogens is 545 g/mol. The molecule has 0 aliphatic rings. The van der Waals surface area contributed by atoms with Crippen LogP contribution in [0.3, 0.4) is 0 Å². The second-order valence-corrected chi connectivity index (χ2v) is 6.68. The topological polar surface area (TPSA) is 29.1 Å². The Balaban J connectivity index is 3.41. The number of amides is 1. The minimum absolute atomic E-state index is 0.392. The third-order valence-corrected chi connectivity index (χ3v) is 4.32. The minimum Gasteiger partial charge on any atom is -0.347 e. The summed E-state index contributed by atoms with van der Waals surface area (Å²) in [6.45, 7) is -1.30. The lowest BCUT2D eigenvalue weighted by atomic mass is 9.89. The van der Waals surface area contributed by atoms with Crippen LogP contribution < -0.4 is 5.32 Å². The average Bonchev–Trinajstić information content (AvgIpc) is 2.71. The molecule has 1 aromatic carbocycles. The van der Waals surface area contributed by atoms with Crippen LogP contribution in [0, 0.1) is 5.82 Å². The molecule has 1 aromatic rings. The van der Waals surface area contributed by atoms with Gasteiger partial charge in [-0.25, -0.2) is 13.2 Å². The Labute approximate surface area is 182 Å². The fraction of sp³-hybridized carbons (Fsp3) is 0.562. The fourth-order valence-corrected chi connectivity index (χ4v) is 2.17. The lowest BCUT2D eigenvalue weighted by Crippen LogP contribution is -2.74. The van der Waals surface area contributed by atoms with Gasteiger partial charge in [0, 0.05) is 6.54 Å². The van der Waals surface area contributed by atoms with E-state index in [1.54, 1.807) is 0 Å². The van der Waals surface area contributed by atoms with Gasteiger partial charge in [0.15, 0.2) is 0 Å². The number of alkyl halides is 16. The van der Waals surface area contributed by atoms with Crippen molar-refractivity contribution in [1.29, 1.82) is 0 Å². The van der Waals surface area contributed by atoms with Crippen molar-refractivity contribution >= 4 is 5.91 Å². The summed E-state index contributed by atoms with van der Waals surface area (Å²) in [5.74, 6) is -60.9. The summed E-state index contributed by atoms with van der Waals surface area (Å²) in [6, 6.07) is 2.64. The average molecular weight is 553 g/mol. The van der Waals surface area contributed by atoms with E-state index in [2.05, 4.69) is 0 Å². The molecule has 1 amide bonds. The van der Waals surface area contributed by atoms with Gasteiger partial charge in [0.25, 0.3) is 5.91 Å². The summed E-state index contributed by atoms with van der Waals surface area (Å²) in [6.07, 6.45) is -5.94. The predicted molar refractivity (Wildman–Crippen MR) is 78.9 cm³/mol. The highest BCUT2D eigenvalue weighted by molar-refractivity contribution is 5.84. The van der Waals surface area contributed by atoms with E-state index in [4.69, 9.17) is 0 Å². The fourth-order valence-electron chi connectivity index (χ4n) is 2.17. The van der Waals surface area contributed by atoms with Gasteiger partial charge in [-0.05, 0) is 17.7 Å². The lowest BCUT2D eigenvalue weighted by Gasteiger charge is -2.42. The van der Waals surface area contributed by atoms with Crippen molar-refractivity contribution in [2.24, 2.45) is 0 Å². The Kier molecular flexibility index (Phi) is 7.73. The molecule has 0 atom stereocenters. The molecule has 0 radical (unpaired) electrons. The van der Waals surface area contributed by atoms with Gasteiger partial charge in [0.2, 0.25) is 0 Å². The molecular formula is C16H8F17NO. The van der Waals surface area contributed by atoms with Crippen LogP contribution in [-0.4, -0.2) is 53.8 Å². The van der Waals surface area contributed by atoms with Crippen LogP contribution in [0.1, 0.15) is 5.56 Å². The first kappa shape index (κ1) is 30.5. The Bertz CT molecular complexity index is 909. The second-order valence-electron chi connectivity index (χ2n) is 6.68. The zero-order valence-electron chi connectivity index (χ0n) is 15.9. The smallest absolute Gasteiger partial charge is 0.347 e. The van der Waals surface area contributed by atoms with Crippen LogP contribution in [0.15, 0.2) is 24.3 Å². The van der Waals surface area contributed by atoms with E-state index in [1.807, 2.05) is 0 Å². The summed E-state index contributed by atoms with van der Waals surface area (Å²) in [5.41, 5.74) is -0.392. The normalized spacial score (nSPS) is 14.9. The van der Waals surface area contributed by atoms with E-state index < -0.39 is 71.7 Å². The Morgan fingerprint density at radius 3 is 1.43 bits per heavy atom. The molecule has 19 heteroatoms. The number of carbonyl (C=O) groups is 1. The molecule has 0 saturated carbocycles. The Hall–Kier alpha value is -2.50. The molecule has 1 rings (SSSR count). The first-order valence-corrected chi connectivity index (χ1v) is 8.29. The molecule has 0 unspecified atom stereocenters. The van der Waals surface area contributed by atoms with Gasteiger partial charge in [-0.15, -0.1) is 0 Å². The monoisotopic (exact) mass is 553 g/mol. The maximum absolute atomic E-state index is 13.7. The van der Waals surface area contributed by atoms with Crippen molar-refractivity contribution in [3.8, 4) is 0 Å². The number of rotatable bonds is 10. The highest BCUT2D eigenvalue weighted by Crippen LogP contribution is 2.62. The molecule has 0 aliphatic heterocycles. The molecule has 0 aliphatic carbocycles. The van der Waals surface area contributed by atoms with Gasteiger partial charge in [0.05, 0.1) is 0 Å². The maximum atomic E-state index is 13.7. The van der Waals surface area contributed by atoms with Gasteiger partial charge >= 0.3 is 47.9 Å². The SMILES string of the molecule is O=C(NCc1ccc(F)cc1)C(F)(F)C(F)(F)C(F)(F)C(F)(F)C(F)(F)C(F)(F)C(F)(F)C(F)F. The van der Waals surface area contributed by atoms with Crippen LogP contribution in [0.4, 0.5) is 74.6 Å². The quantitative estimate of drug-likeness (QED) is 0.346. The van der Waals surface area contributed by atoms with Crippen molar-refractivity contribution in [2.45, 2.75) is 54.4 Å². The first-order chi connectivity index (χ1) is 15.3. The third-order valence-electron chi connectivity index (χ3n) is 4.32. The number of hydrogen-bond donors (Lipinski definition) is 1. The van der Waals surface area contributed by atoms with E-state index >= 15 is 0 Å². The molecule has 0 bridgehead atoms. The van der Waals surface area contributed by atoms with Gasteiger partial charge in [-0.1, -0.05) is 12.1 Å². The van der Waals surface area contributed by atoms with Gasteiger partial charge in [-0.2, -0.15) is 61.5 Å². The van der Waals surface area contributed by atoms with Crippen LogP contribution >= 0.6 is 0 Å². The molecule has 0 aromatic heterocycles. The third kappa shape index (κ3) is 4.45.